The van der Waals surface area contributed by atoms with Crippen LogP contribution < -0.4 is 10.7 Å². The minimum Gasteiger partial charge on any atom is -0.499 e. The van der Waals surface area contributed by atoms with Gasteiger partial charge in [0.05, 0.1) is 11.1 Å². The van der Waals surface area contributed by atoms with Crippen LogP contribution in [-0.2, 0) is 17.1 Å². The van der Waals surface area contributed by atoms with Gasteiger partial charge in [0.2, 0.25) is 5.43 Å². The van der Waals surface area contributed by atoms with Gasteiger partial charge in [0, 0.05) is 10.1 Å². The zero-order valence-corrected chi connectivity index (χ0v) is 16.8. The summed E-state index contributed by atoms with van der Waals surface area (Å²) in [6.07, 6.45) is -10.1. The van der Waals surface area contributed by atoms with Gasteiger partial charge in [0.15, 0.2) is 5.06 Å². The van der Waals surface area contributed by atoms with Gasteiger partial charge in [-0.15, -0.1) is 0 Å². The van der Waals surface area contributed by atoms with E-state index in [9.17, 15) is 45.8 Å². The molecule has 1 heterocycles. The van der Waals surface area contributed by atoms with Crippen molar-refractivity contribution in [2.45, 2.75) is 12.4 Å². The number of alkyl halides is 6. The van der Waals surface area contributed by atoms with Crippen molar-refractivity contribution in [3.63, 3.8) is 0 Å². The Morgan fingerprint density at radius 3 is 2.00 bits per heavy atom. The number of benzene rings is 2. The second-order valence-corrected chi connectivity index (χ2v) is 7.72. The van der Waals surface area contributed by atoms with Gasteiger partial charge in [-0.3, -0.25) is 14.4 Å². The van der Waals surface area contributed by atoms with Gasteiger partial charge < -0.3 is 15.5 Å². The van der Waals surface area contributed by atoms with Crippen molar-refractivity contribution in [2.75, 3.05) is 6.54 Å². The molecule has 3 N–H and O–H groups in total. The molecule has 0 aliphatic carbocycles. The van der Waals surface area contributed by atoms with E-state index < -0.39 is 63.5 Å². The van der Waals surface area contributed by atoms with Crippen LogP contribution in [0.3, 0.4) is 0 Å². The molecule has 0 radical (unpaired) electrons. The number of aliphatic carboxylic acids is 1. The Labute approximate surface area is 183 Å². The highest BCUT2D eigenvalue weighted by molar-refractivity contribution is 7.20. The molecule has 1 aromatic heterocycles. The third-order valence-corrected chi connectivity index (χ3v) is 5.39. The van der Waals surface area contributed by atoms with E-state index in [2.05, 4.69) is 0 Å². The van der Waals surface area contributed by atoms with E-state index in [1.54, 1.807) is 0 Å². The third kappa shape index (κ3) is 5.08. The number of halogens is 6. The monoisotopic (exact) mass is 491 g/mol. The predicted molar refractivity (Wildman–Crippen MR) is 105 cm³/mol. The van der Waals surface area contributed by atoms with Crippen LogP contribution in [0.5, 0.6) is 5.06 Å². The van der Waals surface area contributed by atoms with Crippen LogP contribution in [0.1, 0.15) is 21.5 Å². The normalized spacial score (nSPS) is 12.1. The number of carboxylic acid groups (broad SMARTS) is 1. The second kappa shape index (κ2) is 8.39. The average Bonchev–Trinajstić information content (AvgIpc) is 2.70. The molecule has 1 amide bonds. The zero-order valence-electron chi connectivity index (χ0n) is 16.0. The molecule has 13 heteroatoms. The first-order valence-electron chi connectivity index (χ1n) is 8.78. The lowest BCUT2D eigenvalue weighted by molar-refractivity contribution is -0.143. The molecule has 6 nitrogen and oxygen atoms in total. The number of amides is 1. The Morgan fingerprint density at radius 1 is 0.909 bits per heavy atom. The zero-order chi connectivity index (χ0) is 24.7. The van der Waals surface area contributed by atoms with E-state index in [4.69, 9.17) is 5.11 Å². The van der Waals surface area contributed by atoms with Gasteiger partial charge in [-0.05, 0) is 41.5 Å². The molecular weight excluding hydrogens is 480 g/mol. The molecule has 2 aromatic carbocycles. The van der Waals surface area contributed by atoms with Crippen LogP contribution in [0.15, 0.2) is 41.2 Å². The summed E-state index contributed by atoms with van der Waals surface area (Å²) in [6, 6.07) is 4.31. The Balaban J connectivity index is 2.20. The molecule has 174 valence electrons. The van der Waals surface area contributed by atoms with E-state index in [-0.39, 0.29) is 21.7 Å². The molecule has 3 rings (SSSR count). The highest BCUT2D eigenvalue weighted by atomic mass is 32.1. The summed E-state index contributed by atoms with van der Waals surface area (Å²) in [5, 5.41) is 19.6. The Hall–Kier alpha value is -3.61. The van der Waals surface area contributed by atoms with Crippen LogP contribution in [0.25, 0.3) is 21.2 Å². The SMILES string of the molecule is O=C(O)CNC(=O)c1c(O)sc2ccc(-c3cc(C(F)(F)F)cc(C(F)(F)F)c3)cc2c1=O. The minimum atomic E-state index is -5.07. The van der Waals surface area contributed by atoms with Crippen LogP contribution in [0, 0.1) is 0 Å². The first kappa shape index (κ1) is 24.0. The number of carbonyl (C=O) groups is 2. The molecule has 3 aromatic rings. The quantitative estimate of drug-likeness (QED) is 0.467. The largest absolute Gasteiger partial charge is 0.499 e. The van der Waals surface area contributed by atoms with Crippen molar-refractivity contribution in [3.05, 3.63) is 63.3 Å². The van der Waals surface area contributed by atoms with E-state index >= 15 is 0 Å². The summed E-state index contributed by atoms with van der Waals surface area (Å²) < 4.78 is 79.0. The fraction of sp³-hybridized carbons (Fsp3) is 0.150. The maximum atomic E-state index is 13.2. The molecule has 0 aliphatic rings. The number of rotatable bonds is 4. The van der Waals surface area contributed by atoms with Crippen LogP contribution >= 0.6 is 11.3 Å². The average molecular weight is 491 g/mol. The van der Waals surface area contributed by atoms with E-state index in [1.807, 2.05) is 5.32 Å². The Kier molecular flexibility index (Phi) is 6.11. The number of hydrogen-bond acceptors (Lipinski definition) is 5. The lowest BCUT2D eigenvalue weighted by atomic mass is 9.98. The summed E-state index contributed by atoms with van der Waals surface area (Å²) in [4.78, 5) is 35.5. The molecule has 0 saturated carbocycles. The third-order valence-electron chi connectivity index (χ3n) is 4.42. The van der Waals surface area contributed by atoms with Crippen molar-refractivity contribution in [1.82, 2.24) is 5.32 Å². The lowest BCUT2D eigenvalue weighted by Crippen LogP contribution is -2.32. The molecule has 0 saturated heterocycles. The highest BCUT2D eigenvalue weighted by Gasteiger charge is 2.37. The smallest absolute Gasteiger partial charge is 0.416 e. The standard InChI is InChI=1S/C20H11F6NO5S/c21-19(22,23)10-3-9(4-11(6-10)20(24,25)26)8-1-2-13-12(5-8)16(30)15(18(32)33-13)17(31)27-7-14(28)29/h1-6,32H,7H2,(H,27,31)(H,28,29). The summed E-state index contributed by atoms with van der Waals surface area (Å²) in [5.74, 6) is -2.63. The predicted octanol–water partition coefficient (Wildman–Crippen LogP) is 4.49. The van der Waals surface area contributed by atoms with E-state index in [1.165, 1.54) is 6.07 Å². The maximum absolute atomic E-state index is 13.2. The molecule has 0 unspecified atom stereocenters. The molecule has 33 heavy (non-hydrogen) atoms. The summed E-state index contributed by atoms with van der Waals surface area (Å²) in [6.45, 7) is -0.856. The fourth-order valence-electron chi connectivity index (χ4n) is 2.93. The fourth-order valence-corrected chi connectivity index (χ4v) is 3.82. The van der Waals surface area contributed by atoms with Gasteiger partial charge >= 0.3 is 18.3 Å². The summed E-state index contributed by atoms with van der Waals surface area (Å²) >= 11 is 0.551. The number of aromatic hydroxyl groups is 1. The van der Waals surface area contributed by atoms with Gasteiger partial charge in [-0.1, -0.05) is 17.4 Å². The number of hydrogen-bond donors (Lipinski definition) is 3. The molecule has 0 fully saturated rings. The van der Waals surface area contributed by atoms with Gasteiger partial charge in [0.25, 0.3) is 5.91 Å². The topological polar surface area (TPSA) is 104 Å². The highest BCUT2D eigenvalue weighted by Crippen LogP contribution is 2.39. The summed E-state index contributed by atoms with van der Waals surface area (Å²) in [7, 11) is 0. The van der Waals surface area contributed by atoms with Crippen LogP contribution in [-0.4, -0.2) is 28.6 Å². The van der Waals surface area contributed by atoms with Gasteiger partial charge in [-0.25, -0.2) is 0 Å². The van der Waals surface area contributed by atoms with E-state index in [0.29, 0.717) is 23.5 Å². The molecular formula is C20H11F6NO5S. The molecule has 0 bridgehead atoms. The summed E-state index contributed by atoms with van der Waals surface area (Å²) in [5.41, 5.74) is -5.62. The molecule has 0 aliphatic heterocycles. The van der Waals surface area contributed by atoms with Crippen molar-refractivity contribution >= 4 is 33.3 Å². The van der Waals surface area contributed by atoms with E-state index in [0.717, 1.165) is 12.1 Å². The maximum Gasteiger partial charge on any atom is 0.416 e. The number of carbonyl (C=O) groups excluding carboxylic acids is 1. The van der Waals surface area contributed by atoms with Gasteiger partial charge in [-0.2, -0.15) is 26.3 Å². The van der Waals surface area contributed by atoms with Crippen molar-refractivity contribution in [3.8, 4) is 16.2 Å². The Morgan fingerprint density at radius 2 is 1.48 bits per heavy atom. The molecule has 0 atom stereocenters. The minimum absolute atomic E-state index is 0.0332. The van der Waals surface area contributed by atoms with Crippen LogP contribution in [0.4, 0.5) is 26.3 Å². The Bertz CT molecular complexity index is 1300. The lowest BCUT2D eigenvalue weighted by Gasteiger charge is -2.14. The first-order chi connectivity index (χ1) is 15.2. The van der Waals surface area contributed by atoms with Crippen molar-refractivity contribution in [2.24, 2.45) is 0 Å². The van der Waals surface area contributed by atoms with Crippen molar-refractivity contribution in [1.29, 1.82) is 0 Å². The second-order valence-electron chi connectivity index (χ2n) is 6.69. The number of fused-ring (bicyclic) bond motifs is 1. The number of nitrogens with one attached hydrogen (secondary N) is 1. The van der Waals surface area contributed by atoms with Crippen molar-refractivity contribution < 1.29 is 46.1 Å². The number of carboxylic acids is 1. The first-order valence-corrected chi connectivity index (χ1v) is 9.60. The van der Waals surface area contributed by atoms with Crippen LogP contribution in [0.2, 0.25) is 0 Å². The molecule has 0 spiro atoms. The van der Waals surface area contributed by atoms with Gasteiger partial charge in [0.1, 0.15) is 12.1 Å².